The molecule has 6 rings (SSSR count). The summed E-state index contributed by atoms with van der Waals surface area (Å²) in [5.74, 6) is -8.38. The Bertz CT molecular complexity index is 1630. The number of carbonyl (C=O) groups is 5. The molecule has 2 aromatic rings. The highest BCUT2D eigenvalue weighted by molar-refractivity contribution is 6.58. The lowest BCUT2D eigenvalue weighted by atomic mass is 9.56. The molecule has 2 aliphatic heterocycles. The number of anilines is 1. The van der Waals surface area contributed by atoms with Crippen LogP contribution < -0.4 is 9.64 Å². The molecule has 10 nitrogen and oxygen atoms in total. The van der Waals surface area contributed by atoms with E-state index in [2.05, 4.69) is 0 Å². The van der Waals surface area contributed by atoms with Crippen molar-refractivity contribution in [2.75, 3.05) is 18.6 Å². The molecule has 3 fully saturated rings. The summed E-state index contributed by atoms with van der Waals surface area (Å²) < 4.78 is 19.3. The minimum atomic E-state index is -2.16. The zero-order chi connectivity index (χ0) is 31.0. The first-order chi connectivity index (χ1) is 20.3. The maximum Gasteiger partial charge on any atom is 0.305 e. The Labute approximate surface area is 254 Å². The van der Waals surface area contributed by atoms with Crippen LogP contribution in [0.4, 0.5) is 10.1 Å². The van der Waals surface area contributed by atoms with E-state index in [4.69, 9.17) is 33.0 Å². The number of alkyl halides is 2. The Balaban J connectivity index is 1.54. The minimum Gasteiger partial charge on any atom is -0.508 e. The van der Waals surface area contributed by atoms with Crippen molar-refractivity contribution in [1.82, 2.24) is 4.90 Å². The fraction of sp³-hybridized carbons (Fsp3) is 0.367. The molecule has 2 saturated heterocycles. The maximum absolute atomic E-state index is 14.3. The molecule has 6 unspecified atom stereocenters. The van der Waals surface area contributed by atoms with E-state index in [9.17, 15) is 33.5 Å². The smallest absolute Gasteiger partial charge is 0.305 e. The Morgan fingerprint density at radius 2 is 1.74 bits per heavy atom. The Morgan fingerprint density at radius 3 is 2.40 bits per heavy atom. The van der Waals surface area contributed by atoms with Crippen LogP contribution in [0.15, 0.2) is 54.1 Å². The van der Waals surface area contributed by atoms with Gasteiger partial charge < -0.3 is 14.9 Å². The lowest BCUT2D eigenvalue weighted by Crippen LogP contribution is -2.60. The van der Waals surface area contributed by atoms with Crippen molar-refractivity contribution in [3.8, 4) is 11.5 Å². The number of carbonyl (C=O) groups excluding carboxylic acids is 4. The van der Waals surface area contributed by atoms with Crippen LogP contribution >= 0.6 is 23.2 Å². The second-order valence-corrected chi connectivity index (χ2v) is 12.4. The molecule has 43 heavy (non-hydrogen) atoms. The molecule has 2 N–H and O–H groups in total. The molecule has 2 heterocycles. The van der Waals surface area contributed by atoms with Gasteiger partial charge in [-0.15, -0.1) is 23.2 Å². The number of benzene rings is 2. The second kappa shape index (κ2) is 10.1. The summed E-state index contributed by atoms with van der Waals surface area (Å²) in [7, 11) is 1.35. The number of likely N-dealkylation sites (tertiary alicyclic amines) is 1. The lowest BCUT2D eigenvalue weighted by molar-refractivity contribution is -0.142. The molecule has 224 valence electrons. The van der Waals surface area contributed by atoms with Crippen molar-refractivity contribution in [3.63, 3.8) is 0 Å². The topological polar surface area (TPSA) is 142 Å². The van der Waals surface area contributed by atoms with Gasteiger partial charge in [-0.1, -0.05) is 17.7 Å². The largest absolute Gasteiger partial charge is 0.508 e. The summed E-state index contributed by atoms with van der Waals surface area (Å²) in [6.45, 7) is -0.307. The fourth-order valence-electron chi connectivity index (χ4n) is 7.18. The molecule has 0 spiro atoms. The number of fused-ring (bicyclic) bond motifs is 4. The Kier molecular flexibility index (Phi) is 6.81. The molecule has 6 atom stereocenters. The van der Waals surface area contributed by atoms with Crippen LogP contribution in [-0.2, 0) is 24.0 Å². The first kappa shape index (κ1) is 29.1. The summed E-state index contributed by atoms with van der Waals surface area (Å²) in [6.07, 6.45) is 1.12. The minimum absolute atomic E-state index is 0.0454. The van der Waals surface area contributed by atoms with E-state index in [1.54, 1.807) is 6.08 Å². The molecule has 0 aromatic heterocycles. The van der Waals surface area contributed by atoms with Gasteiger partial charge in [0.25, 0.3) is 11.8 Å². The number of amides is 4. The normalized spacial score (nSPS) is 31.5. The number of phenolic OH excluding ortho intramolecular Hbond substituents is 1. The summed E-state index contributed by atoms with van der Waals surface area (Å²) in [4.78, 5) is 64.2. The van der Waals surface area contributed by atoms with Crippen molar-refractivity contribution in [1.29, 1.82) is 0 Å². The third-order valence-electron chi connectivity index (χ3n) is 9.06. The van der Waals surface area contributed by atoms with E-state index < -0.39 is 75.3 Å². The highest BCUT2D eigenvalue weighted by Crippen LogP contribution is 2.66. The highest BCUT2D eigenvalue weighted by Gasteiger charge is 2.76. The third-order valence-corrected chi connectivity index (χ3v) is 10.5. The van der Waals surface area contributed by atoms with Gasteiger partial charge in [0.05, 0.1) is 31.1 Å². The molecular formula is C30H25Cl2FN2O8. The number of methoxy groups -OCH3 is 1. The average molecular weight is 631 g/mol. The number of aliphatic carboxylic acids is 1. The Morgan fingerprint density at radius 1 is 1.05 bits per heavy atom. The number of rotatable bonds is 6. The third kappa shape index (κ3) is 4.01. The molecule has 2 aromatic carbocycles. The van der Waals surface area contributed by atoms with Crippen molar-refractivity contribution < 1.29 is 43.3 Å². The van der Waals surface area contributed by atoms with Crippen LogP contribution in [0.25, 0.3) is 0 Å². The zero-order valence-corrected chi connectivity index (χ0v) is 24.1. The van der Waals surface area contributed by atoms with Crippen molar-refractivity contribution in [2.45, 2.75) is 34.9 Å². The number of phenols is 1. The number of aromatic hydroxyl groups is 1. The number of halogens is 3. The van der Waals surface area contributed by atoms with Crippen molar-refractivity contribution in [3.05, 3.63) is 65.5 Å². The summed E-state index contributed by atoms with van der Waals surface area (Å²) in [5.41, 5.74) is 0.861. The van der Waals surface area contributed by atoms with Crippen LogP contribution in [0.2, 0.25) is 0 Å². The van der Waals surface area contributed by atoms with Crippen molar-refractivity contribution in [2.24, 2.45) is 17.8 Å². The van der Waals surface area contributed by atoms with E-state index in [0.29, 0.717) is 11.1 Å². The van der Waals surface area contributed by atoms with Crippen LogP contribution in [-0.4, -0.2) is 68.1 Å². The van der Waals surface area contributed by atoms with Crippen molar-refractivity contribution >= 4 is 58.5 Å². The zero-order valence-electron chi connectivity index (χ0n) is 22.6. The standard InChI is InChI=1S/C30H25Cl2FN2O8/c1-43-21-12-16(36)6-7-18(21)24-17-8-9-19-23(26(40)34(25(19)39)11-10-22(37)38)20(17)13-29(31)27(41)35(28(42)30(24,29)32)15-4-2-14(33)3-5-15/h2-8,12,19-20,23-24,36H,9-11,13H2,1H3,(H,37,38). The predicted octanol–water partition coefficient (Wildman–Crippen LogP) is 3.58. The summed E-state index contributed by atoms with van der Waals surface area (Å²) in [6, 6.07) is 8.85. The summed E-state index contributed by atoms with van der Waals surface area (Å²) in [5, 5.41) is 19.3. The van der Waals surface area contributed by atoms with Crippen LogP contribution in [0.5, 0.6) is 11.5 Å². The van der Waals surface area contributed by atoms with Crippen LogP contribution in [0.3, 0.4) is 0 Å². The van der Waals surface area contributed by atoms with Gasteiger partial charge in [0, 0.05) is 24.1 Å². The number of carboxylic acids is 1. The number of nitrogens with zero attached hydrogens (tertiary/aromatic N) is 2. The van der Waals surface area contributed by atoms with E-state index in [0.717, 1.165) is 21.9 Å². The monoisotopic (exact) mass is 630 g/mol. The fourth-order valence-corrected chi connectivity index (χ4v) is 8.10. The quantitative estimate of drug-likeness (QED) is 0.280. The number of hydrogen-bond acceptors (Lipinski definition) is 7. The molecule has 1 saturated carbocycles. The first-order valence-corrected chi connectivity index (χ1v) is 14.3. The lowest BCUT2D eigenvalue weighted by Gasteiger charge is -2.50. The van der Waals surface area contributed by atoms with E-state index in [-0.39, 0.29) is 36.6 Å². The predicted molar refractivity (Wildman–Crippen MR) is 150 cm³/mol. The molecule has 0 radical (unpaired) electrons. The molecule has 4 amide bonds. The maximum atomic E-state index is 14.3. The summed E-state index contributed by atoms with van der Waals surface area (Å²) >= 11 is 14.6. The van der Waals surface area contributed by atoms with Gasteiger partial charge in [0.2, 0.25) is 11.8 Å². The van der Waals surface area contributed by atoms with Gasteiger partial charge in [-0.25, -0.2) is 9.29 Å². The van der Waals surface area contributed by atoms with Crippen LogP contribution in [0, 0.1) is 23.6 Å². The van der Waals surface area contributed by atoms with Gasteiger partial charge in [-0.3, -0.25) is 28.9 Å². The van der Waals surface area contributed by atoms with Gasteiger partial charge in [-0.2, -0.15) is 0 Å². The number of hydrogen-bond donors (Lipinski definition) is 2. The highest BCUT2D eigenvalue weighted by atomic mass is 35.5. The van der Waals surface area contributed by atoms with E-state index in [1.165, 1.54) is 37.4 Å². The van der Waals surface area contributed by atoms with Crippen LogP contribution in [0.1, 0.15) is 30.7 Å². The molecule has 13 heteroatoms. The molecule has 2 aliphatic carbocycles. The van der Waals surface area contributed by atoms with Gasteiger partial charge >= 0.3 is 5.97 Å². The number of imide groups is 2. The molecule has 0 bridgehead atoms. The molecular weight excluding hydrogens is 606 g/mol. The van der Waals surface area contributed by atoms with E-state index >= 15 is 0 Å². The number of ether oxygens (including phenoxy) is 1. The van der Waals surface area contributed by atoms with Gasteiger partial charge in [0.1, 0.15) is 17.3 Å². The van der Waals surface area contributed by atoms with Gasteiger partial charge in [-0.05, 0) is 49.1 Å². The van der Waals surface area contributed by atoms with Gasteiger partial charge in [0.15, 0.2) is 9.75 Å². The number of carboxylic acid groups (broad SMARTS) is 1. The Hall–Kier alpha value is -3.96. The van der Waals surface area contributed by atoms with E-state index in [1.807, 2.05) is 0 Å². The first-order valence-electron chi connectivity index (χ1n) is 13.5. The number of allylic oxidation sites excluding steroid dienone is 2. The molecule has 4 aliphatic rings. The average Bonchev–Trinajstić information content (AvgIpc) is 3.30. The second-order valence-electron chi connectivity index (χ2n) is 11.1. The SMILES string of the molecule is COc1cc(O)ccc1C1C2=CCC3C(=O)N(CCC(=O)O)C(=O)C3C2CC2(Cl)C(=O)N(c3ccc(F)cc3)C(=O)C12Cl.